The van der Waals surface area contributed by atoms with Crippen LogP contribution in [0.5, 0.6) is 0 Å². The van der Waals surface area contributed by atoms with Gasteiger partial charge in [0.05, 0.1) is 15.7 Å². The zero-order chi connectivity index (χ0) is 27.2. The molecule has 0 saturated heterocycles. The van der Waals surface area contributed by atoms with Gasteiger partial charge < -0.3 is 10.2 Å². The van der Waals surface area contributed by atoms with E-state index < -0.39 is 34.5 Å². The lowest BCUT2D eigenvalue weighted by Crippen LogP contribution is -2.53. The summed E-state index contributed by atoms with van der Waals surface area (Å²) in [6.45, 7) is 4.69. The Morgan fingerprint density at radius 2 is 1.64 bits per heavy atom. The van der Waals surface area contributed by atoms with Crippen molar-refractivity contribution in [2.45, 2.75) is 45.8 Å². The van der Waals surface area contributed by atoms with E-state index in [9.17, 15) is 22.4 Å². The van der Waals surface area contributed by atoms with E-state index in [0.717, 1.165) is 20.7 Å². The number of anilines is 1. The zero-order valence-corrected chi connectivity index (χ0v) is 23.2. The van der Waals surface area contributed by atoms with Crippen molar-refractivity contribution in [3.05, 3.63) is 63.9 Å². The van der Waals surface area contributed by atoms with E-state index in [0.29, 0.717) is 17.0 Å². The summed E-state index contributed by atoms with van der Waals surface area (Å²) < 4.78 is 41.5. The third-order valence-corrected chi connectivity index (χ3v) is 8.20. The van der Waals surface area contributed by atoms with E-state index in [4.69, 9.17) is 23.2 Å². The Morgan fingerprint density at radius 3 is 2.17 bits per heavy atom. The minimum absolute atomic E-state index is 0.0237. The van der Waals surface area contributed by atoms with Gasteiger partial charge in [0, 0.05) is 26.7 Å². The van der Waals surface area contributed by atoms with Crippen molar-refractivity contribution >= 4 is 50.9 Å². The Morgan fingerprint density at radius 1 is 1.03 bits per heavy atom. The molecule has 2 aromatic carbocycles. The average molecular weight is 562 g/mol. The molecule has 0 fully saturated rings. The Kier molecular flexibility index (Phi) is 10.5. The zero-order valence-electron chi connectivity index (χ0n) is 20.8. The number of carbonyl (C=O) groups is 2. The molecule has 0 aromatic heterocycles. The second kappa shape index (κ2) is 12.7. The molecule has 1 N–H and O–H groups in total. The van der Waals surface area contributed by atoms with E-state index in [2.05, 4.69) is 5.32 Å². The maximum atomic E-state index is 13.6. The van der Waals surface area contributed by atoms with Gasteiger partial charge in [-0.15, -0.1) is 0 Å². The van der Waals surface area contributed by atoms with Crippen LogP contribution in [-0.4, -0.2) is 62.2 Å². The molecule has 36 heavy (non-hydrogen) atoms. The fourth-order valence-corrected chi connectivity index (χ4v) is 4.58. The Bertz CT molecular complexity index is 1180. The van der Waals surface area contributed by atoms with E-state index in [-0.39, 0.29) is 29.2 Å². The second-order valence-corrected chi connectivity index (χ2v) is 11.4. The number of halogens is 3. The number of nitrogens with one attached hydrogen (secondary N) is 1. The highest BCUT2D eigenvalue weighted by molar-refractivity contribution is 7.90. The molecule has 0 aliphatic carbocycles. The molecular weight excluding hydrogens is 530 g/mol. The molecule has 0 aliphatic heterocycles. The fourth-order valence-electron chi connectivity index (χ4n) is 3.21. The van der Waals surface area contributed by atoms with E-state index in [1.165, 1.54) is 31.1 Å². The number of hydrogen-bond acceptors (Lipinski definition) is 4. The quantitative estimate of drug-likeness (QED) is 0.448. The van der Waals surface area contributed by atoms with Crippen LogP contribution in [0.1, 0.15) is 32.8 Å². The molecule has 0 radical (unpaired) electrons. The molecule has 0 aliphatic rings. The van der Waals surface area contributed by atoms with E-state index >= 15 is 0 Å². The third kappa shape index (κ3) is 7.55. The Balaban J connectivity index is 2.46. The van der Waals surface area contributed by atoms with Gasteiger partial charge in [-0.3, -0.25) is 9.59 Å². The first-order valence-electron chi connectivity index (χ1n) is 11.3. The Hall–Kier alpha value is -2.40. The maximum absolute atomic E-state index is 13.6. The van der Waals surface area contributed by atoms with Crippen LogP contribution in [-0.2, 0) is 26.3 Å². The predicted molar refractivity (Wildman–Crippen MR) is 141 cm³/mol. The minimum Gasteiger partial charge on any atom is -0.352 e. The number of amides is 2. The lowest BCUT2D eigenvalue weighted by molar-refractivity contribution is -0.139. The highest BCUT2D eigenvalue weighted by Crippen LogP contribution is 2.25. The molecule has 8 nitrogen and oxygen atoms in total. The highest BCUT2D eigenvalue weighted by Gasteiger charge is 2.33. The molecule has 0 heterocycles. The van der Waals surface area contributed by atoms with Crippen LogP contribution in [0.15, 0.2) is 42.5 Å². The van der Waals surface area contributed by atoms with Crippen molar-refractivity contribution in [1.82, 2.24) is 14.5 Å². The van der Waals surface area contributed by atoms with Crippen molar-refractivity contribution < 1.29 is 22.4 Å². The smallest absolute Gasteiger partial charge is 0.304 e. The van der Waals surface area contributed by atoms with Gasteiger partial charge >= 0.3 is 10.2 Å². The Labute approximate surface area is 222 Å². The predicted octanol–water partition coefficient (Wildman–Crippen LogP) is 4.08. The summed E-state index contributed by atoms with van der Waals surface area (Å²) in [5.41, 5.74) is 0.703. The number of rotatable bonds is 11. The summed E-state index contributed by atoms with van der Waals surface area (Å²) in [5.74, 6) is -1.58. The maximum Gasteiger partial charge on any atom is 0.304 e. The van der Waals surface area contributed by atoms with Crippen molar-refractivity contribution in [1.29, 1.82) is 0 Å². The van der Waals surface area contributed by atoms with Crippen LogP contribution in [0.4, 0.5) is 10.1 Å². The molecule has 2 rings (SSSR count). The number of carbonyl (C=O) groups excluding carboxylic acids is 2. The lowest BCUT2D eigenvalue weighted by Gasteiger charge is -2.33. The minimum atomic E-state index is -4.13. The summed E-state index contributed by atoms with van der Waals surface area (Å²) >= 11 is 12.2. The number of benzene rings is 2. The monoisotopic (exact) mass is 560 g/mol. The van der Waals surface area contributed by atoms with Gasteiger partial charge in [0.25, 0.3) is 0 Å². The van der Waals surface area contributed by atoms with Crippen LogP contribution in [0.3, 0.4) is 0 Å². The summed E-state index contributed by atoms with van der Waals surface area (Å²) in [7, 11) is -1.48. The van der Waals surface area contributed by atoms with Crippen molar-refractivity contribution in [3.63, 3.8) is 0 Å². The third-order valence-electron chi connectivity index (χ3n) is 5.64. The van der Waals surface area contributed by atoms with Gasteiger partial charge in [-0.2, -0.15) is 12.7 Å². The van der Waals surface area contributed by atoms with E-state index in [1.54, 1.807) is 25.1 Å². The molecule has 198 valence electrons. The van der Waals surface area contributed by atoms with Gasteiger partial charge in [-0.05, 0) is 62.2 Å². The number of hydrogen-bond donors (Lipinski definition) is 1. The summed E-state index contributed by atoms with van der Waals surface area (Å²) in [4.78, 5) is 27.8. The van der Waals surface area contributed by atoms with E-state index in [1.807, 2.05) is 13.8 Å². The first-order chi connectivity index (χ1) is 16.8. The van der Waals surface area contributed by atoms with Gasteiger partial charge in [0.1, 0.15) is 18.4 Å². The molecule has 0 saturated carbocycles. The SMILES string of the molecule is CC[C@@H](C)NC(=O)[C@H](C)N(Cc1ccc(Cl)c(Cl)c1)C(=O)CN(c1ccc(F)cc1)S(=O)(=O)N(C)C. The lowest BCUT2D eigenvalue weighted by atomic mass is 10.1. The molecular formula is C24H31Cl2FN4O4S. The summed E-state index contributed by atoms with van der Waals surface area (Å²) in [6, 6.07) is 8.52. The first-order valence-corrected chi connectivity index (χ1v) is 13.4. The number of nitrogens with zero attached hydrogens (tertiary/aromatic N) is 3. The van der Waals surface area contributed by atoms with Crippen molar-refractivity contribution in [3.8, 4) is 0 Å². The van der Waals surface area contributed by atoms with Crippen molar-refractivity contribution in [2.75, 3.05) is 24.9 Å². The normalized spacial score (nSPS) is 13.2. The first kappa shape index (κ1) is 29.8. The van der Waals surface area contributed by atoms with Gasteiger partial charge in [0.2, 0.25) is 11.8 Å². The van der Waals surface area contributed by atoms with Gasteiger partial charge in [0.15, 0.2) is 0 Å². The molecule has 0 spiro atoms. The fraction of sp³-hybridized carbons (Fsp3) is 0.417. The largest absolute Gasteiger partial charge is 0.352 e. The van der Waals surface area contributed by atoms with Crippen LogP contribution < -0.4 is 9.62 Å². The molecule has 0 bridgehead atoms. The van der Waals surface area contributed by atoms with Crippen molar-refractivity contribution in [2.24, 2.45) is 0 Å². The van der Waals surface area contributed by atoms with Crippen LogP contribution in [0.25, 0.3) is 0 Å². The topological polar surface area (TPSA) is 90.0 Å². The average Bonchev–Trinajstić information content (AvgIpc) is 2.82. The molecule has 2 amide bonds. The molecule has 2 aromatic rings. The summed E-state index contributed by atoms with van der Waals surface area (Å²) in [5, 5.41) is 3.46. The molecule has 12 heteroatoms. The van der Waals surface area contributed by atoms with Crippen LogP contribution in [0.2, 0.25) is 10.0 Å². The van der Waals surface area contributed by atoms with Gasteiger partial charge in [-0.25, -0.2) is 8.70 Å². The van der Waals surface area contributed by atoms with Crippen LogP contribution >= 0.6 is 23.2 Å². The van der Waals surface area contributed by atoms with Crippen LogP contribution in [0, 0.1) is 5.82 Å². The second-order valence-electron chi connectivity index (χ2n) is 8.54. The molecule has 2 atom stereocenters. The standard InChI is InChI=1S/C24H31Cl2FN4O4S/c1-6-16(2)28-24(33)17(3)30(14-18-7-12-21(25)22(26)13-18)23(32)15-31(36(34,35)29(4)5)20-10-8-19(27)9-11-20/h7-13,16-17H,6,14-15H2,1-5H3,(H,28,33)/t16-,17+/m1/s1. The van der Waals surface area contributed by atoms with Gasteiger partial charge in [-0.1, -0.05) is 36.2 Å². The summed E-state index contributed by atoms with van der Waals surface area (Å²) in [6.07, 6.45) is 0.693. The molecule has 0 unspecified atom stereocenters. The highest BCUT2D eigenvalue weighted by atomic mass is 35.5.